The molecule has 1 unspecified atom stereocenters. The fourth-order valence-corrected chi connectivity index (χ4v) is 2.62. The van der Waals surface area contributed by atoms with Crippen LogP contribution >= 0.6 is 11.3 Å². The summed E-state index contributed by atoms with van der Waals surface area (Å²) >= 11 is 1.63. The van der Waals surface area contributed by atoms with E-state index in [4.69, 9.17) is 5.73 Å². The number of rotatable bonds is 5. The van der Waals surface area contributed by atoms with Crippen LogP contribution in [0.2, 0.25) is 0 Å². The fraction of sp³-hybridized carbons (Fsp3) is 0.357. The zero-order valence-corrected chi connectivity index (χ0v) is 12.4. The van der Waals surface area contributed by atoms with Crippen molar-refractivity contribution in [2.24, 2.45) is 5.73 Å². The first-order chi connectivity index (χ1) is 9.63. The van der Waals surface area contributed by atoms with Crippen LogP contribution in [-0.2, 0) is 13.0 Å². The first-order valence-electron chi connectivity index (χ1n) is 6.54. The van der Waals surface area contributed by atoms with Crippen molar-refractivity contribution >= 4 is 17.2 Å². The van der Waals surface area contributed by atoms with Crippen LogP contribution in [0.4, 0.5) is 0 Å². The van der Waals surface area contributed by atoms with Crippen LogP contribution in [0.15, 0.2) is 24.5 Å². The molecule has 0 fully saturated rings. The van der Waals surface area contributed by atoms with Gasteiger partial charge in [-0.1, -0.05) is 6.92 Å². The standard InChI is InChI=1S/C14H18N4OS/c1-3-12-8-17-14(20-12)9(2)18-13(19)10-4-5-16-11(6-10)7-15/h4-6,8-9H,3,7,15H2,1-2H3,(H,18,19). The summed E-state index contributed by atoms with van der Waals surface area (Å²) in [4.78, 5) is 21.8. The Bertz CT molecular complexity index is 596. The highest BCUT2D eigenvalue weighted by Gasteiger charge is 2.14. The lowest BCUT2D eigenvalue weighted by Gasteiger charge is -2.11. The lowest BCUT2D eigenvalue weighted by Crippen LogP contribution is -2.26. The van der Waals surface area contributed by atoms with Gasteiger partial charge >= 0.3 is 0 Å². The fourth-order valence-electron chi connectivity index (χ4n) is 1.76. The molecule has 0 aliphatic rings. The Hall–Kier alpha value is -1.79. The molecule has 3 N–H and O–H groups in total. The minimum Gasteiger partial charge on any atom is -0.343 e. The summed E-state index contributed by atoms with van der Waals surface area (Å²) in [5.74, 6) is -0.136. The number of hydrogen-bond acceptors (Lipinski definition) is 5. The van der Waals surface area contributed by atoms with Crippen molar-refractivity contribution in [3.63, 3.8) is 0 Å². The zero-order chi connectivity index (χ0) is 14.5. The molecule has 1 amide bonds. The van der Waals surface area contributed by atoms with Crippen molar-refractivity contribution in [1.29, 1.82) is 0 Å². The van der Waals surface area contributed by atoms with Crippen molar-refractivity contribution in [3.05, 3.63) is 45.7 Å². The predicted octanol–water partition coefficient (Wildman–Crippen LogP) is 2.05. The molecule has 6 heteroatoms. The highest BCUT2D eigenvalue weighted by atomic mass is 32.1. The second-order valence-electron chi connectivity index (χ2n) is 4.45. The van der Waals surface area contributed by atoms with Crippen molar-refractivity contribution in [2.45, 2.75) is 32.9 Å². The van der Waals surface area contributed by atoms with Crippen molar-refractivity contribution < 1.29 is 4.79 Å². The molecule has 0 radical (unpaired) electrons. The van der Waals surface area contributed by atoms with Gasteiger partial charge in [0.25, 0.3) is 5.91 Å². The number of nitrogens with zero attached hydrogens (tertiary/aromatic N) is 2. The lowest BCUT2D eigenvalue weighted by atomic mass is 10.2. The molecule has 0 aromatic carbocycles. The number of pyridine rings is 1. The second-order valence-corrected chi connectivity index (χ2v) is 5.60. The number of thiazole rings is 1. The molecule has 0 spiro atoms. The van der Waals surface area contributed by atoms with E-state index in [9.17, 15) is 4.79 Å². The number of aryl methyl sites for hydroxylation is 1. The van der Waals surface area contributed by atoms with Gasteiger partial charge in [-0.05, 0) is 25.5 Å². The van der Waals surface area contributed by atoms with Crippen molar-refractivity contribution in [1.82, 2.24) is 15.3 Å². The summed E-state index contributed by atoms with van der Waals surface area (Å²) in [6.45, 7) is 4.34. The van der Waals surface area contributed by atoms with E-state index in [1.165, 1.54) is 4.88 Å². The third-order valence-corrected chi connectivity index (χ3v) is 4.25. The molecule has 0 aliphatic carbocycles. The van der Waals surface area contributed by atoms with Gasteiger partial charge in [-0.2, -0.15) is 0 Å². The second kappa shape index (κ2) is 6.58. The largest absolute Gasteiger partial charge is 0.343 e. The van der Waals surface area contributed by atoms with Gasteiger partial charge in [-0.3, -0.25) is 9.78 Å². The van der Waals surface area contributed by atoms with Crippen LogP contribution in [0, 0.1) is 0 Å². The Morgan fingerprint density at radius 1 is 1.50 bits per heavy atom. The summed E-state index contributed by atoms with van der Waals surface area (Å²) in [7, 11) is 0. The Balaban J connectivity index is 2.06. The van der Waals surface area contributed by atoms with E-state index in [0.717, 1.165) is 11.4 Å². The van der Waals surface area contributed by atoms with Crippen molar-refractivity contribution in [3.8, 4) is 0 Å². The predicted molar refractivity (Wildman–Crippen MR) is 79.5 cm³/mol. The Morgan fingerprint density at radius 2 is 2.30 bits per heavy atom. The van der Waals surface area contributed by atoms with E-state index in [-0.39, 0.29) is 11.9 Å². The molecule has 0 saturated heterocycles. The molecule has 0 saturated carbocycles. The van der Waals surface area contributed by atoms with Crippen LogP contribution in [0.1, 0.15) is 45.8 Å². The molecule has 2 aromatic heterocycles. The van der Waals surface area contributed by atoms with Gasteiger partial charge in [0.05, 0.1) is 11.7 Å². The summed E-state index contributed by atoms with van der Waals surface area (Å²) in [6, 6.07) is 3.28. The molecule has 2 heterocycles. The van der Waals surface area contributed by atoms with Crippen LogP contribution in [0.5, 0.6) is 0 Å². The number of nitrogens with one attached hydrogen (secondary N) is 1. The topological polar surface area (TPSA) is 80.9 Å². The number of carbonyl (C=O) groups excluding carboxylic acids is 1. The Kier molecular flexibility index (Phi) is 4.81. The monoisotopic (exact) mass is 290 g/mol. The van der Waals surface area contributed by atoms with E-state index in [2.05, 4.69) is 22.2 Å². The van der Waals surface area contributed by atoms with E-state index in [1.807, 2.05) is 13.1 Å². The first kappa shape index (κ1) is 14.6. The van der Waals surface area contributed by atoms with Gasteiger partial charge in [0.2, 0.25) is 0 Å². The summed E-state index contributed by atoms with van der Waals surface area (Å²) in [5, 5.41) is 3.86. The highest BCUT2D eigenvalue weighted by Crippen LogP contribution is 2.20. The van der Waals surface area contributed by atoms with E-state index in [0.29, 0.717) is 17.8 Å². The molecule has 1 atom stereocenters. The van der Waals surface area contributed by atoms with Crippen molar-refractivity contribution in [2.75, 3.05) is 0 Å². The highest BCUT2D eigenvalue weighted by molar-refractivity contribution is 7.11. The maximum absolute atomic E-state index is 12.2. The molecular weight excluding hydrogens is 272 g/mol. The third kappa shape index (κ3) is 3.40. The zero-order valence-electron chi connectivity index (χ0n) is 11.6. The quantitative estimate of drug-likeness (QED) is 0.883. The van der Waals surface area contributed by atoms with Gasteiger partial charge in [0, 0.05) is 29.4 Å². The summed E-state index contributed by atoms with van der Waals surface area (Å²) < 4.78 is 0. The Morgan fingerprint density at radius 3 is 2.95 bits per heavy atom. The molecule has 5 nitrogen and oxygen atoms in total. The van der Waals surface area contributed by atoms with E-state index >= 15 is 0 Å². The number of carbonyl (C=O) groups is 1. The minimum absolute atomic E-state index is 0.109. The Labute approximate surface area is 122 Å². The summed E-state index contributed by atoms with van der Waals surface area (Å²) in [5.41, 5.74) is 6.80. The van der Waals surface area contributed by atoms with Crippen LogP contribution < -0.4 is 11.1 Å². The maximum atomic E-state index is 12.2. The molecule has 106 valence electrons. The lowest BCUT2D eigenvalue weighted by molar-refractivity contribution is 0.0939. The third-order valence-electron chi connectivity index (χ3n) is 2.93. The molecular formula is C14H18N4OS. The first-order valence-corrected chi connectivity index (χ1v) is 7.36. The SMILES string of the molecule is CCc1cnc(C(C)NC(=O)c2ccnc(CN)c2)s1. The van der Waals surface area contributed by atoms with Gasteiger partial charge in [0.1, 0.15) is 5.01 Å². The number of nitrogens with two attached hydrogens (primary N) is 1. The van der Waals surface area contributed by atoms with Gasteiger partial charge in [0.15, 0.2) is 0 Å². The molecule has 2 rings (SSSR count). The number of amides is 1. The minimum atomic E-state index is -0.136. The maximum Gasteiger partial charge on any atom is 0.251 e. The van der Waals surface area contributed by atoms with Gasteiger partial charge < -0.3 is 11.1 Å². The average molecular weight is 290 g/mol. The average Bonchev–Trinajstić information content (AvgIpc) is 2.96. The van der Waals surface area contributed by atoms with E-state index in [1.54, 1.807) is 29.7 Å². The molecule has 20 heavy (non-hydrogen) atoms. The van der Waals surface area contributed by atoms with E-state index < -0.39 is 0 Å². The molecule has 2 aromatic rings. The number of hydrogen-bond donors (Lipinski definition) is 2. The molecule has 0 aliphatic heterocycles. The van der Waals surface area contributed by atoms with Gasteiger partial charge in [-0.25, -0.2) is 4.98 Å². The van der Waals surface area contributed by atoms with Gasteiger partial charge in [-0.15, -0.1) is 11.3 Å². The normalized spacial score (nSPS) is 12.2. The summed E-state index contributed by atoms with van der Waals surface area (Å²) in [6.07, 6.45) is 4.42. The smallest absolute Gasteiger partial charge is 0.251 e. The van der Waals surface area contributed by atoms with Crippen LogP contribution in [0.3, 0.4) is 0 Å². The van der Waals surface area contributed by atoms with Crippen LogP contribution in [0.25, 0.3) is 0 Å². The number of aromatic nitrogens is 2. The van der Waals surface area contributed by atoms with Crippen LogP contribution in [-0.4, -0.2) is 15.9 Å². The molecule has 0 bridgehead atoms.